The SMILES string of the molecule is Nc1n[nH]c2ccc(-c3ccnc4[nH]c(-c5ccc(CN6CCOCC6)cc5)cc34)cc12. The van der Waals surface area contributed by atoms with E-state index in [1.807, 2.05) is 18.3 Å². The second kappa shape index (κ2) is 7.78. The van der Waals surface area contributed by atoms with Crippen molar-refractivity contribution in [3.8, 4) is 22.4 Å². The Bertz CT molecular complexity index is 1400. The quantitative estimate of drug-likeness (QED) is 0.402. The zero-order valence-electron chi connectivity index (χ0n) is 17.6. The fourth-order valence-corrected chi connectivity index (χ4v) is 4.44. The predicted octanol–water partition coefficient (Wildman–Crippen LogP) is 4.19. The van der Waals surface area contributed by atoms with Gasteiger partial charge in [-0.2, -0.15) is 5.10 Å². The Morgan fingerprint density at radius 1 is 0.938 bits per heavy atom. The number of pyridine rings is 1. The average molecular weight is 425 g/mol. The van der Waals surface area contributed by atoms with Crippen LogP contribution in [0.3, 0.4) is 0 Å². The number of hydrogen-bond donors (Lipinski definition) is 3. The maximum atomic E-state index is 6.02. The molecular formula is C25H24N6O. The van der Waals surface area contributed by atoms with E-state index in [-0.39, 0.29) is 0 Å². The Morgan fingerprint density at radius 2 is 1.75 bits per heavy atom. The Kier molecular flexibility index (Phi) is 4.63. The number of nitrogens with zero attached hydrogens (tertiary/aromatic N) is 3. The van der Waals surface area contributed by atoms with E-state index in [4.69, 9.17) is 10.5 Å². The number of anilines is 1. The Hall–Kier alpha value is -3.68. The number of nitrogens with two attached hydrogens (primary N) is 1. The van der Waals surface area contributed by atoms with Gasteiger partial charge in [-0.15, -0.1) is 0 Å². The summed E-state index contributed by atoms with van der Waals surface area (Å²) in [6.07, 6.45) is 1.84. The van der Waals surface area contributed by atoms with E-state index < -0.39 is 0 Å². The van der Waals surface area contributed by atoms with Crippen LogP contribution in [-0.2, 0) is 11.3 Å². The molecule has 0 unspecified atom stereocenters. The monoisotopic (exact) mass is 424 g/mol. The lowest BCUT2D eigenvalue weighted by Crippen LogP contribution is -2.35. The molecule has 0 spiro atoms. The van der Waals surface area contributed by atoms with E-state index in [0.717, 1.165) is 77.2 Å². The molecule has 0 aliphatic carbocycles. The molecule has 0 amide bonds. The molecule has 1 aliphatic rings. The van der Waals surface area contributed by atoms with E-state index >= 15 is 0 Å². The molecule has 5 aromatic rings. The molecule has 160 valence electrons. The van der Waals surface area contributed by atoms with Crippen LogP contribution >= 0.6 is 0 Å². The fraction of sp³-hybridized carbons (Fsp3) is 0.200. The van der Waals surface area contributed by atoms with Crippen LogP contribution in [0.15, 0.2) is 60.8 Å². The number of H-pyrrole nitrogens is 2. The number of aromatic amines is 2. The summed E-state index contributed by atoms with van der Waals surface area (Å²) in [5.74, 6) is 0.513. The summed E-state index contributed by atoms with van der Waals surface area (Å²) in [5, 5.41) is 9.08. The molecule has 4 N–H and O–H groups in total. The molecule has 2 aromatic carbocycles. The normalized spacial score (nSPS) is 15.0. The average Bonchev–Trinajstić information content (AvgIpc) is 3.44. The van der Waals surface area contributed by atoms with Crippen molar-refractivity contribution in [2.24, 2.45) is 0 Å². The first-order chi connectivity index (χ1) is 15.7. The van der Waals surface area contributed by atoms with Gasteiger partial charge in [0.15, 0.2) is 5.82 Å². The maximum Gasteiger partial charge on any atom is 0.153 e. The van der Waals surface area contributed by atoms with Crippen LogP contribution in [0.25, 0.3) is 44.3 Å². The molecular weight excluding hydrogens is 400 g/mol. The lowest BCUT2D eigenvalue weighted by molar-refractivity contribution is 0.0342. The first-order valence-corrected chi connectivity index (χ1v) is 10.9. The molecule has 1 saturated heterocycles. The zero-order valence-corrected chi connectivity index (χ0v) is 17.6. The van der Waals surface area contributed by atoms with Gasteiger partial charge >= 0.3 is 0 Å². The summed E-state index contributed by atoms with van der Waals surface area (Å²) in [5.41, 5.74) is 13.5. The van der Waals surface area contributed by atoms with Crippen LogP contribution in [0, 0.1) is 0 Å². The molecule has 0 bridgehead atoms. The third kappa shape index (κ3) is 3.41. The minimum atomic E-state index is 0.513. The van der Waals surface area contributed by atoms with Gasteiger partial charge < -0.3 is 15.5 Å². The number of benzene rings is 2. The Morgan fingerprint density at radius 3 is 2.59 bits per heavy atom. The lowest BCUT2D eigenvalue weighted by Gasteiger charge is -2.26. The van der Waals surface area contributed by atoms with Gasteiger partial charge in [-0.05, 0) is 46.5 Å². The molecule has 32 heavy (non-hydrogen) atoms. The summed E-state index contributed by atoms with van der Waals surface area (Å²) in [6.45, 7) is 4.59. The minimum absolute atomic E-state index is 0.513. The second-order valence-corrected chi connectivity index (χ2v) is 8.26. The van der Waals surface area contributed by atoms with Gasteiger partial charge in [0.1, 0.15) is 5.65 Å². The van der Waals surface area contributed by atoms with E-state index in [1.165, 1.54) is 5.56 Å². The van der Waals surface area contributed by atoms with Gasteiger partial charge in [-0.25, -0.2) is 4.98 Å². The molecule has 0 saturated carbocycles. The smallest absolute Gasteiger partial charge is 0.153 e. The molecule has 7 nitrogen and oxygen atoms in total. The zero-order chi connectivity index (χ0) is 21.5. The summed E-state index contributed by atoms with van der Waals surface area (Å²) < 4.78 is 5.44. The molecule has 4 heterocycles. The largest absolute Gasteiger partial charge is 0.382 e. The predicted molar refractivity (Wildman–Crippen MR) is 127 cm³/mol. The molecule has 0 radical (unpaired) electrons. The number of aromatic nitrogens is 4. The van der Waals surface area contributed by atoms with Crippen molar-refractivity contribution in [3.63, 3.8) is 0 Å². The van der Waals surface area contributed by atoms with E-state index in [0.29, 0.717) is 5.82 Å². The highest BCUT2D eigenvalue weighted by Gasteiger charge is 2.13. The van der Waals surface area contributed by atoms with Crippen molar-refractivity contribution in [2.45, 2.75) is 6.54 Å². The van der Waals surface area contributed by atoms with E-state index in [1.54, 1.807) is 0 Å². The molecule has 1 fully saturated rings. The van der Waals surface area contributed by atoms with Gasteiger partial charge in [-0.1, -0.05) is 30.3 Å². The molecule has 3 aromatic heterocycles. The van der Waals surface area contributed by atoms with Crippen molar-refractivity contribution in [1.29, 1.82) is 0 Å². The van der Waals surface area contributed by atoms with Gasteiger partial charge in [0, 0.05) is 42.3 Å². The number of nitrogens with one attached hydrogen (secondary N) is 2. The second-order valence-electron chi connectivity index (χ2n) is 8.26. The highest BCUT2D eigenvalue weighted by molar-refractivity contribution is 5.99. The van der Waals surface area contributed by atoms with Crippen molar-refractivity contribution >= 4 is 27.8 Å². The summed E-state index contributed by atoms with van der Waals surface area (Å²) in [6, 6.07) is 19.2. The Balaban J connectivity index is 1.33. The first kappa shape index (κ1) is 19.0. The molecule has 0 atom stereocenters. The lowest BCUT2D eigenvalue weighted by atomic mass is 10.0. The summed E-state index contributed by atoms with van der Waals surface area (Å²) >= 11 is 0. The van der Waals surface area contributed by atoms with Crippen LogP contribution in [0.5, 0.6) is 0 Å². The summed E-state index contributed by atoms with van der Waals surface area (Å²) in [7, 11) is 0. The highest BCUT2D eigenvalue weighted by atomic mass is 16.5. The number of nitrogen functional groups attached to an aromatic ring is 1. The maximum absolute atomic E-state index is 6.02. The van der Waals surface area contributed by atoms with Crippen LogP contribution in [0.4, 0.5) is 5.82 Å². The molecule has 6 rings (SSSR count). The van der Waals surface area contributed by atoms with Crippen LogP contribution in [0.1, 0.15) is 5.56 Å². The van der Waals surface area contributed by atoms with Gasteiger partial charge in [0.05, 0.1) is 18.7 Å². The van der Waals surface area contributed by atoms with Crippen LogP contribution in [0.2, 0.25) is 0 Å². The summed E-state index contributed by atoms with van der Waals surface area (Å²) in [4.78, 5) is 10.5. The van der Waals surface area contributed by atoms with Gasteiger partial charge in [-0.3, -0.25) is 10.00 Å². The topological polar surface area (TPSA) is 95.8 Å². The van der Waals surface area contributed by atoms with Crippen LogP contribution in [-0.4, -0.2) is 51.4 Å². The van der Waals surface area contributed by atoms with E-state index in [9.17, 15) is 0 Å². The molecule has 7 heteroatoms. The first-order valence-electron chi connectivity index (χ1n) is 10.9. The minimum Gasteiger partial charge on any atom is -0.382 e. The third-order valence-corrected chi connectivity index (χ3v) is 6.21. The fourth-order valence-electron chi connectivity index (χ4n) is 4.44. The van der Waals surface area contributed by atoms with Gasteiger partial charge in [0.2, 0.25) is 0 Å². The van der Waals surface area contributed by atoms with Crippen molar-refractivity contribution < 1.29 is 4.74 Å². The number of fused-ring (bicyclic) bond motifs is 2. The number of morpholine rings is 1. The van der Waals surface area contributed by atoms with E-state index in [2.05, 4.69) is 67.5 Å². The highest BCUT2D eigenvalue weighted by Crippen LogP contribution is 2.33. The number of hydrogen-bond acceptors (Lipinski definition) is 5. The van der Waals surface area contributed by atoms with Crippen molar-refractivity contribution in [2.75, 3.05) is 32.0 Å². The number of rotatable bonds is 4. The van der Waals surface area contributed by atoms with Crippen molar-refractivity contribution in [1.82, 2.24) is 25.1 Å². The number of ether oxygens (including phenoxy) is 1. The van der Waals surface area contributed by atoms with Gasteiger partial charge in [0.25, 0.3) is 0 Å². The van der Waals surface area contributed by atoms with Crippen LogP contribution < -0.4 is 5.73 Å². The van der Waals surface area contributed by atoms with Crippen molar-refractivity contribution in [3.05, 3.63) is 66.4 Å². The standard InChI is InChI=1S/C25H24N6O/c26-24-21-13-18(5-6-22(21)29-30-24)19-7-8-27-25-20(19)14-23(28-25)17-3-1-16(2-4-17)15-31-9-11-32-12-10-31/h1-8,13-14H,9-12,15H2,(H,27,28)(H3,26,29,30). The Labute approximate surface area is 185 Å². The third-order valence-electron chi connectivity index (χ3n) is 6.21. The molecule has 1 aliphatic heterocycles.